The number of halogens is 2. The fourth-order valence-electron chi connectivity index (χ4n) is 0.622. The van der Waals surface area contributed by atoms with Crippen LogP contribution in [0, 0.1) is 17.1 Å². The molecule has 1 nitrogen and oxygen atoms in total. The predicted octanol–water partition coefficient (Wildman–Crippen LogP) is 2.75. The van der Waals surface area contributed by atoms with E-state index in [0.29, 0.717) is 4.47 Å². The number of hydrogen-bond acceptors (Lipinski definition) is 2. The summed E-state index contributed by atoms with van der Waals surface area (Å²) in [7, 11) is 0. The van der Waals surface area contributed by atoms with Crippen molar-refractivity contribution in [2.75, 3.05) is 0 Å². The minimum atomic E-state index is -0.479. The van der Waals surface area contributed by atoms with Crippen molar-refractivity contribution >= 4 is 28.6 Å². The van der Waals surface area contributed by atoms with Crippen LogP contribution in [0.25, 0.3) is 0 Å². The third-order valence-electron chi connectivity index (χ3n) is 1.16. The van der Waals surface area contributed by atoms with Gasteiger partial charge in [0.2, 0.25) is 0 Å². The molecule has 0 heterocycles. The second kappa shape index (κ2) is 3.24. The van der Waals surface area contributed by atoms with E-state index in [1.54, 1.807) is 0 Å². The Labute approximate surface area is 77.4 Å². The highest BCUT2D eigenvalue weighted by atomic mass is 79.9. The van der Waals surface area contributed by atoms with Crippen LogP contribution in [0.15, 0.2) is 21.5 Å². The SMILES string of the molecule is N#Cc1cc(F)c(S)cc1Br. The first-order valence-corrected chi connectivity index (χ1v) is 3.97. The lowest BCUT2D eigenvalue weighted by Crippen LogP contribution is -1.82. The normalized spacial score (nSPS) is 9.27. The van der Waals surface area contributed by atoms with Crippen LogP contribution in [0.4, 0.5) is 4.39 Å². The summed E-state index contributed by atoms with van der Waals surface area (Å²) in [6.45, 7) is 0. The summed E-state index contributed by atoms with van der Waals surface area (Å²) >= 11 is 6.94. The number of nitrogens with zero attached hydrogens (tertiary/aromatic N) is 1. The minimum absolute atomic E-state index is 0.232. The molecule has 0 aliphatic carbocycles. The van der Waals surface area contributed by atoms with Gasteiger partial charge in [-0.2, -0.15) is 5.26 Å². The van der Waals surface area contributed by atoms with Crippen LogP contribution in [-0.4, -0.2) is 0 Å². The average molecular weight is 232 g/mol. The number of nitriles is 1. The molecule has 4 heteroatoms. The summed E-state index contributed by atoms with van der Waals surface area (Å²) in [4.78, 5) is 0.232. The molecule has 11 heavy (non-hydrogen) atoms. The summed E-state index contributed by atoms with van der Waals surface area (Å²) < 4.78 is 13.3. The molecule has 0 saturated heterocycles. The van der Waals surface area contributed by atoms with E-state index in [9.17, 15) is 4.39 Å². The molecule has 0 aliphatic rings. The molecule has 0 aliphatic heterocycles. The van der Waals surface area contributed by atoms with Crippen molar-refractivity contribution in [2.45, 2.75) is 4.90 Å². The first-order chi connectivity index (χ1) is 5.15. The van der Waals surface area contributed by atoms with Gasteiger partial charge in [0.1, 0.15) is 11.9 Å². The second-order valence-corrected chi connectivity index (χ2v) is 3.23. The quantitative estimate of drug-likeness (QED) is 0.683. The Balaban J connectivity index is 3.35. The topological polar surface area (TPSA) is 23.8 Å². The minimum Gasteiger partial charge on any atom is -0.206 e. The van der Waals surface area contributed by atoms with Crippen LogP contribution in [0.2, 0.25) is 0 Å². The maximum atomic E-state index is 12.7. The molecule has 0 unspecified atom stereocenters. The summed E-state index contributed by atoms with van der Waals surface area (Å²) in [6, 6.07) is 4.44. The van der Waals surface area contributed by atoms with E-state index in [2.05, 4.69) is 28.6 Å². The van der Waals surface area contributed by atoms with Gasteiger partial charge in [-0.05, 0) is 28.1 Å². The van der Waals surface area contributed by atoms with Gasteiger partial charge in [-0.3, -0.25) is 0 Å². The van der Waals surface area contributed by atoms with E-state index in [0.717, 1.165) is 6.07 Å². The molecule has 0 amide bonds. The molecule has 1 rings (SSSR count). The van der Waals surface area contributed by atoms with E-state index >= 15 is 0 Å². The molecular weight excluding hydrogens is 229 g/mol. The molecule has 0 atom stereocenters. The van der Waals surface area contributed by atoms with E-state index in [1.807, 2.05) is 6.07 Å². The maximum absolute atomic E-state index is 12.7. The van der Waals surface area contributed by atoms with E-state index < -0.39 is 5.82 Å². The number of benzene rings is 1. The van der Waals surface area contributed by atoms with Crippen molar-refractivity contribution in [2.24, 2.45) is 0 Å². The predicted molar refractivity (Wildman–Crippen MR) is 46.1 cm³/mol. The largest absolute Gasteiger partial charge is 0.206 e. The number of rotatable bonds is 0. The summed E-state index contributed by atoms with van der Waals surface area (Å²) in [5.41, 5.74) is 0.278. The summed E-state index contributed by atoms with van der Waals surface area (Å²) in [5.74, 6) is -0.479. The molecule has 0 radical (unpaired) electrons. The monoisotopic (exact) mass is 231 g/mol. The lowest BCUT2D eigenvalue weighted by atomic mass is 10.2. The maximum Gasteiger partial charge on any atom is 0.137 e. The van der Waals surface area contributed by atoms with Crippen molar-refractivity contribution in [3.8, 4) is 6.07 Å². The Morgan fingerprint density at radius 1 is 1.55 bits per heavy atom. The van der Waals surface area contributed by atoms with Crippen LogP contribution < -0.4 is 0 Å². The zero-order valence-corrected chi connectivity index (χ0v) is 7.79. The first kappa shape index (κ1) is 8.57. The zero-order valence-electron chi connectivity index (χ0n) is 5.31. The molecular formula is C7H3BrFNS. The molecule has 0 spiro atoms. The molecule has 0 bridgehead atoms. The van der Waals surface area contributed by atoms with Crippen LogP contribution in [0.5, 0.6) is 0 Å². The molecule has 1 aromatic rings. The third kappa shape index (κ3) is 1.73. The highest BCUT2D eigenvalue weighted by molar-refractivity contribution is 9.10. The molecule has 0 N–H and O–H groups in total. The Morgan fingerprint density at radius 2 is 2.18 bits per heavy atom. The zero-order chi connectivity index (χ0) is 8.43. The van der Waals surface area contributed by atoms with Crippen molar-refractivity contribution in [3.05, 3.63) is 28.0 Å². The Hall–Kier alpha value is -0.530. The highest BCUT2D eigenvalue weighted by Gasteiger charge is 2.04. The summed E-state index contributed by atoms with van der Waals surface area (Å²) in [6.07, 6.45) is 0. The van der Waals surface area contributed by atoms with Gasteiger partial charge >= 0.3 is 0 Å². The highest BCUT2D eigenvalue weighted by Crippen LogP contribution is 2.22. The second-order valence-electron chi connectivity index (χ2n) is 1.90. The van der Waals surface area contributed by atoms with Gasteiger partial charge in [0, 0.05) is 9.37 Å². The van der Waals surface area contributed by atoms with Crippen molar-refractivity contribution in [1.29, 1.82) is 5.26 Å². The molecule has 0 fully saturated rings. The Kier molecular flexibility index (Phi) is 2.53. The Bertz CT molecular complexity index is 332. The van der Waals surface area contributed by atoms with Gasteiger partial charge in [0.25, 0.3) is 0 Å². The van der Waals surface area contributed by atoms with E-state index in [-0.39, 0.29) is 10.5 Å². The van der Waals surface area contributed by atoms with Crippen LogP contribution >= 0.6 is 28.6 Å². The van der Waals surface area contributed by atoms with E-state index in [1.165, 1.54) is 6.07 Å². The van der Waals surface area contributed by atoms with Crippen molar-refractivity contribution in [1.82, 2.24) is 0 Å². The van der Waals surface area contributed by atoms with Gasteiger partial charge < -0.3 is 0 Å². The molecule has 0 aromatic heterocycles. The summed E-state index contributed by atoms with van der Waals surface area (Å²) in [5, 5.41) is 8.46. The fourth-order valence-corrected chi connectivity index (χ4v) is 1.42. The smallest absolute Gasteiger partial charge is 0.137 e. The van der Waals surface area contributed by atoms with Crippen LogP contribution in [0.1, 0.15) is 5.56 Å². The van der Waals surface area contributed by atoms with Gasteiger partial charge in [-0.1, -0.05) is 0 Å². The lowest BCUT2D eigenvalue weighted by molar-refractivity contribution is 0.601. The van der Waals surface area contributed by atoms with Gasteiger partial charge in [-0.25, -0.2) is 4.39 Å². The van der Waals surface area contributed by atoms with Gasteiger partial charge in [0.15, 0.2) is 0 Å². The number of thiol groups is 1. The molecule has 1 aromatic carbocycles. The Morgan fingerprint density at radius 3 is 2.73 bits per heavy atom. The average Bonchev–Trinajstić information content (AvgIpc) is 1.97. The standard InChI is InChI=1S/C7H3BrFNS/c8-5-2-7(11)6(9)1-4(5)3-10/h1-2,11H. The van der Waals surface area contributed by atoms with Crippen LogP contribution in [-0.2, 0) is 0 Å². The molecule has 0 saturated carbocycles. The lowest BCUT2D eigenvalue weighted by Gasteiger charge is -1.97. The van der Waals surface area contributed by atoms with Gasteiger partial charge in [-0.15, -0.1) is 12.6 Å². The van der Waals surface area contributed by atoms with Crippen LogP contribution in [0.3, 0.4) is 0 Å². The van der Waals surface area contributed by atoms with E-state index in [4.69, 9.17) is 5.26 Å². The van der Waals surface area contributed by atoms with Crippen molar-refractivity contribution in [3.63, 3.8) is 0 Å². The third-order valence-corrected chi connectivity index (χ3v) is 2.16. The fraction of sp³-hybridized carbons (Fsp3) is 0. The van der Waals surface area contributed by atoms with Crippen molar-refractivity contribution < 1.29 is 4.39 Å². The number of hydrogen-bond donors (Lipinski definition) is 1. The molecule has 56 valence electrons. The first-order valence-electron chi connectivity index (χ1n) is 2.73. The van der Waals surface area contributed by atoms with Gasteiger partial charge in [0.05, 0.1) is 5.56 Å².